The number of nitrogens with one attached hydrogen (secondary N) is 3. The molecule has 6 fully saturated rings. The Kier molecular flexibility index (Phi) is 12.9. The molecule has 6 aromatic heterocycles. The number of aromatic nitrogens is 15. The molecular formula is C72H93F3N18O12S3. The lowest BCUT2D eigenvalue weighted by Gasteiger charge is -2.17. The largest absolute Gasteiger partial charge is 0.394 e. The van der Waals surface area contributed by atoms with Gasteiger partial charge in [0.05, 0.1) is 113 Å². The highest BCUT2D eigenvalue weighted by atomic mass is 32.2. The van der Waals surface area contributed by atoms with Gasteiger partial charge in [0.25, 0.3) is 0 Å². The highest BCUT2D eigenvalue weighted by Crippen LogP contribution is 2.48. The zero-order chi connectivity index (χ0) is 118. The van der Waals surface area contributed by atoms with Crippen molar-refractivity contribution in [3.63, 3.8) is 0 Å². The number of benzene rings is 3. The highest BCUT2D eigenvalue weighted by molar-refractivity contribution is 7.99. The standard InChI is InChI=1S/3C24H31FN6O4S/c3*1-3-8-36-24-27-22(26-16-10-14(16)13-5-4-12(2)15(25)9-13)19-23(28-24)31(30-29-19)17-11-18(35-7-6-32)21(34)20(17)33/h3*4-5,9,14,16-18,20-21,32-34H,3,6-8,10-11H2,1-2H3,(H,26,27,28)/t3*14-,16+,17+,18-,20-,21+/m000/s1/i4D,5D,6D2,7D2,8D2,9D,11D2,14D,17D,18D,20D,21D;3D2,4D,5D,6D2,8D2,9D,11D2,14D,17D,18D,20D,21D;3D2,4D,5D,8D2,9D,11D2,14D,17D,18D,20D,21D. The Morgan fingerprint density at radius 3 is 1.16 bits per heavy atom. The number of aliphatic hydroxyl groups is 9. The van der Waals surface area contributed by atoms with E-state index in [0.717, 1.165) is 13.8 Å². The van der Waals surface area contributed by atoms with E-state index in [1.165, 1.54) is 27.7 Å². The van der Waals surface area contributed by atoms with Crippen molar-refractivity contribution >= 4 is 86.2 Å². The van der Waals surface area contributed by atoms with Gasteiger partial charge in [-0.1, -0.05) is 108 Å². The number of thioether (sulfide) groups is 3. The maximum atomic E-state index is 14.8. The predicted molar refractivity (Wildman–Crippen MR) is 398 cm³/mol. The summed E-state index contributed by atoms with van der Waals surface area (Å²) in [5, 5.41) is 124. The van der Waals surface area contributed by atoms with Crippen molar-refractivity contribution in [2.24, 2.45) is 0 Å². The number of ether oxygens (including phenoxy) is 3. The summed E-state index contributed by atoms with van der Waals surface area (Å²) >= 11 is 0.552. The molecule has 0 radical (unpaired) electrons. The smallest absolute Gasteiger partial charge is 0.191 e. The lowest BCUT2D eigenvalue weighted by molar-refractivity contribution is -0.0629. The lowest BCUT2D eigenvalue weighted by Crippen LogP contribution is -2.33. The van der Waals surface area contributed by atoms with Crippen molar-refractivity contribution in [1.82, 2.24) is 74.9 Å². The molecular weight excluding hydrogens is 1460 g/mol. The molecule has 12 N–H and O–H groups in total. The predicted octanol–water partition coefficient (Wildman–Crippen LogP) is 6.55. The summed E-state index contributed by atoms with van der Waals surface area (Å²) in [5.74, 6) is -10.4. The Bertz CT molecular complexity index is 7020. The third-order valence-corrected chi connectivity index (χ3v) is 17.7. The molecule has 3 aromatic carbocycles. The molecule has 0 unspecified atom stereocenters. The molecule has 6 aliphatic carbocycles. The normalized spacial score (nSPS) is 46.5. The van der Waals surface area contributed by atoms with Crippen LogP contribution in [0.25, 0.3) is 33.5 Å². The van der Waals surface area contributed by atoms with Crippen LogP contribution in [0.5, 0.6) is 0 Å². The Balaban J connectivity index is 0.000000192. The van der Waals surface area contributed by atoms with Gasteiger partial charge in [-0.25, -0.2) is 57.1 Å². The summed E-state index contributed by atoms with van der Waals surface area (Å²) in [7, 11) is 0. The van der Waals surface area contributed by atoms with E-state index in [0.29, 0.717) is 11.8 Å². The second kappa shape index (κ2) is 35.1. The molecule has 36 heteroatoms. The molecule has 108 heavy (non-hydrogen) atoms. The van der Waals surface area contributed by atoms with Crippen LogP contribution in [0.4, 0.5) is 30.6 Å². The van der Waals surface area contributed by atoms with Gasteiger partial charge in [-0.3, -0.25) is 0 Å². The number of fused-ring (bicyclic) bond motifs is 3. The van der Waals surface area contributed by atoms with Crippen molar-refractivity contribution < 1.29 is 136 Å². The minimum atomic E-state index is -4.38. The van der Waals surface area contributed by atoms with Gasteiger partial charge in [0.1, 0.15) is 53.9 Å². The van der Waals surface area contributed by atoms with Crippen molar-refractivity contribution in [2.75, 3.05) is 72.6 Å². The van der Waals surface area contributed by atoms with Gasteiger partial charge < -0.3 is 76.1 Å². The summed E-state index contributed by atoms with van der Waals surface area (Å²) < 4.78 is 441. The maximum Gasteiger partial charge on any atom is 0.191 e. The zero-order valence-electron chi connectivity index (χ0n) is 102. The maximum absolute atomic E-state index is 14.8. The van der Waals surface area contributed by atoms with E-state index >= 15 is 0 Å². The second-order valence-corrected chi connectivity index (χ2v) is 25.2. The number of halogens is 3. The quantitative estimate of drug-likeness (QED) is 0.0168. The van der Waals surface area contributed by atoms with Crippen LogP contribution in [-0.4, -0.2) is 250 Å². The summed E-state index contributed by atoms with van der Waals surface area (Å²) in [5.41, 5.74) is -13.8. The third-order valence-electron chi connectivity index (χ3n) is 15.5. The molecule has 6 heterocycles. The topological polar surface area (TPSA) is 415 Å². The van der Waals surface area contributed by atoms with Gasteiger partial charge in [-0.15, -0.1) is 15.3 Å². The Hall–Kier alpha value is -7.14. The molecule has 15 rings (SSSR count). The van der Waals surface area contributed by atoms with Crippen LogP contribution in [-0.2, 0) is 14.2 Å². The first kappa shape index (κ1) is 39.9. The van der Waals surface area contributed by atoms with E-state index in [1.54, 1.807) is 0 Å². The van der Waals surface area contributed by atoms with Gasteiger partial charge in [-0.05, 0) is 111 Å². The highest BCUT2D eigenvalue weighted by Gasteiger charge is 2.49. The average Bonchev–Trinajstić information content (AvgIpc) is 1.48. The van der Waals surface area contributed by atoms with Crippen LogP contribution in [0, 0.1) is 38.2 Å². The number of hydrogen-bond donors (Lipinski definition) is 12. The van der Waals surface area contributed by atoms with E-state index < -0.39 is 352 Å². The molecule has 30 nitrogen and oxygen atoms in total. The van der Waals surface area contributed by atoms with Crippen LogP contribution in [0.3, 0.4) is 0 Å². The van der Waals surface area contributed by atoms with E-state index in [9.17, 15) is 59.1 Å². The number of hydrogen-bond acceptors (Lipinski definition) is 30. The molecule has 18 atom stereocenters. The first-order chi connectivity index (χ1) is 69.2. The Morgan fingerprint density at radius 1 is 0.491 bits per heavy atom. The molecule has 9 aromatic rings. The summed E-state index contributed by atoms with van der Waals surface area (Å²) in [6.45, 7) is -7.85. The van der Waals surface area contributed by atoms with Gasteiger partial charge in [0.2, 0.25) is 0 Å². The molecule has 0 saturated heterocycles. The molecule has 0 amide bonds. The van der Waals surface area contributed by atoms with Crippen molar-refractivity contribution in [3.8, 4) is 0 Å². The van der Waals surface area contributed by atoms with Crippen LogP contribution < -0.4 is 16.0 Å². The molecule has 582 valence electrons. The van der Waals surface area contributed by atoms with Gasteiger partial charge in [0.15, 0.2) is 66.4 Å². The fourth-order valence-electron chi connectivity index (χ4n) is 10.1. The average molecular weight is 1600 g/mol. The minimum absolute atomic E-state index is 0.0302. The van der Waals surface area contributed by atoms with E-state index in [4.69, 9.17) is 72.5 Å². The van der Waals surface area contributed by atoms with Gasteiger partial charge in [0, 0.05) is 98.1 Å². The number of anilines is 3. The molecule has 6 saturated carbocycles. The van der Waals surface area contributed by atoms with Crippen LogP contribution in [0.2, 0.25) is 0 Å². The van der Waals surface area contributed by atoms with E-state index in [1.807, 2.05) is 0 Å². The van der Waals surface area contributed by atoms with E-state index in [2.05, 4.69) is 81.5 Å². The fourth-order valence-corrected chi connectivity index (χ4v) is 11.5. The lowest BCUT2D eigenvalue weighted by atomic mass is 10.1. The SMILES string of the molecule is [2H]c1c([2H])c([C@]2([2H])C[C@H]2Nc2nc(SC([2H])([2H])C([2H])([2H])C)nc3c2nnn3[C@]2([2H])C([2H])([2H])[C@]([2H])(OCC([2H])([2H])O)[C@@]([2H])(O)[C@@]2([2H])O)c([2H])c(F)c1C.[2H]c1c([2H])c([C@]2([2H])C[C@H]2Nc2nc(SC([2H])([2H])C([2H])([2H])C)nc3c2nnn3[C@]2([2H])C([2H])([2H])[C@]([2H])(OCCO)[C@@]([2H])(O)[C@@]2([2H])O)c([2H])c(F)c1C.[2H]c1c([2H])c([C@]2([2H])C[C@H]2Nc2nc(SC([2H])([2H])CC)nc3c2nnn3[C@]2([2H])C([2H])([2H])[C@]([2H])(OC([2H])([2H])C([2H])([2H])O)[C@@]([2H])(O)[C@@]2([2H])O)c([2H])c(F)c1C. The monoisotopic (exact) mass is 1600 g/mol. The fraction of sp³-hybridized carbons (Fsp3) is 0.583. The van der Waals surface area contributed by atoms with Crippen molar-refractivity contribution in [1.29, 1.82) is 0 Å². The number of aliphatic hydroxyl groups excluding tert-OH is 1. The van der Waals surface area contributed by atoms with Gasteiger partial charge >= 0.3 is 0 Å². The van der Waals surface area contributed by atoms with Crippen LogP contribution in [0.15, 0.2) is 69.9 Å². The first-order valence-electron chi connectivity index (χ1n) is 54.6. The number of nitrogens with zero attached hydrogens (tertiary/aromatic N) is 15. The van der Waals surface area contributed by atoms with Crippen LogP contribution >= 0.6 is 35.3 Å². The Morgan fingerprint density at radius 2 is 0.833 bits per heavy atom. The van der Waals surface area contributed by atoms with Crippen molar-refractivity contribution in [2.45, 2.75) is 223 Å². The van der Waals surface area contributed by atoms with E-state index in [-0.39, 0.29) is 79.9 Å². The zero-order valence-corrected chi connectivity index (χ0v) is 58.9. The summed E-state index contributed by atoms with van der Waals surface area (Å²) in [6, 6.07) is -20.7. The molecule has 0 aliphatic heterocycles. The minimum Gasteiger partial charge on any atom is -0.394 e. The summed E-state index contributed by atoms with van der Waals surface area (Å²) in [6.07, 6.45) is -54.6. The first-order valence-corrected chi connectivity index (χ1v) is 34.1. The van der Waals surface area contributed by atoms with Crippen molar-refractivity contribution in [3.05, 3.63) is 105 Å². The third kappa shape index (κ3) is 17.5. The molecule has 0 bridgehead atoms. The second-order valence-electron chi connectivity index (χ2n) is 22.8. The Labute approximate surface area is 697 Å². The van der Waals surface area contributed by atoms with Crippen LogP contribution in [0.1, 0.15) is 210 Å². The van der Waals surface area contributed by atoms with Gasteiger partial charge in [-0.2, -0.15) is 0 Å². The molecule has 0 spiro atoms. The summed E-state index contributed by atoms with van der Waals surface area (Å²) in [4.78, 5) is 24.6. The number of rotatable bonds is 30. The molecule has 6 aliphatic rings.